The predicted molar refractivity (Wildman–Crippen MR) is 52.5 cm³/mol. The van der Waals surface area contributed by atoms with E-state index < -0.39 is 16.2 Å². The summed E-state index contributed by atoms with van der Waals surface area (Å²) in [4.78, 5) is 0. The zero-order valence-corrected chi connectivity index (χ0v) is 8.78. The Morgan fingerprint density at radius 1 is 1.29 bits per heavy atom. The molecule has 0 saturated carbocycles. The summed E-state index contributed by atoms with van der Waals surface area (Å²) in [5.74, 6) is 0.139. The van der Waals surface area contributed by atoms with Gasteiger partial charge in [0.2, 0.25) is 0 Å². The van der Waals surface area contributed by atoms with Crippen molar-refractivity contribution in [1.29, 1.82) is 0 Å². The van der Waals surface area contributed by atoms with Crippen molar-refractivity contribution in [3.8, 4) is 5.75 Å². The van der Waals surface area contributed by atoms with Crippen LogP contribution in [0.1, 0.15) is 18.6 Å². The largest absolute Gasteiger partial charge is 0.508 e. The minimum Gasteiger partial charge on any atom is -0.508 e. The summed E-state index contributed by atoms with van der Waals surface area (Å²) in [6, 6.07) is 6.20. The molecule has 0 bridgehead atoms. The second kappa shape index (κ2) is 3.98. The maximum absolute atomic E-state index is 10.8. The SMILES string of the molecule is CC(OS(C)(=O)=O)c1ccc(O)cc1. The molecule has 1 atom stereocenters. The molecule has 0 saturated heterocycles. The molecule has 0 spiro atoms. The number of hydrogen-bond donors (Lipinski definition) is 1. The van der Waals surface area contributed by atoms with Crippen molar-refractivity contribution >= 4 is 10.1 Å². The van der Waals surface area contributed by atoms with E-state index in [2.05, 4.69) is 0 Å². The molecule has 1 rings (SSSR count). The number of rotatable bonds is 3. The number of benzene rings is 1. The molecule has 0 radical (unpaired) electrons. The van der Waals surface area contributed by atoms with Gasteiger partial charge in [0.05, 0.1) is 12.4 Å². The summed E-state index contributed by atoms with van der Waals surface area (Å²) in [6.45, 7) is 1.63. The van der Waals surface area contributed by atoms with Crippen molar-refractivity contribution < 1.29 is 17.7 Å². The van der Waals surface area contributed by atoms with Crippen LogP contribution in [0.3, 0.4) is 0 Å². The minimum absolute atomic E-state index is 0.139. The molecule has 1 aromatic carbocycles. The highest BCUT2D eigenvalue weighted by Gasteiger charge is 2.11. The average molecular weight is 216 g/mol. The molecular weight excluding hydrogens is 204 g/mol. The highest BCUT2D eigenvalue weighted by Crippen LogP contribution is 2.20. The van der Waals surface area contributed by atoms with Gasteiger partial charge in [0.15, 0.2) is 0 Å². The Bertz CT molecular complexity index is 393. The van der Waals surface area contributed by atoms with Crippen LogP contribution < -0.4 is 0 Å². The van der Waals surface area contributed by atoms with Gasteiger partial charge in [-0.1, -0.05) is 12.1 Å². The number of phenolic OH excluding ortho intramolecular Hbond substituents is 1. The van der Waals surface area contributed by atoms with Crippen LogP contribution in [0, 0.1) is 0 Å². The molecule has 1 unspecified atom stereocenters. The number of phenols is 1. The molecule has 0 aliphatic carbocycles. The molecule has 4 nitrogen and oxygen atoms in total. The van der Waals surface area contributed by atoms with E-state index in [0.29, 0.717) is 5.56 Å². The van der Waals surface area contributed by atoms with Gasteiger partial charge in [0.1, 0.15) is 5.75 Å². The first kappa shape index (κ1) is 11.0. The Balaban J connectivity index is 2.80. The fraction of sp³-hybridized carbons (Fsp3) is 0.333. The summed E-state index contributed by atoms with van der Waals surface area (Å²) in [5, 5.41) is 9.01. The van der Waals surface area contributed by atoms with Crippen LogP contribution in [-0.4, -0.2) is 19.8 Å². The van der Waals surface area contributed by atoms with Gasteiger partial charge < -0.3 is 5.11 Å². The van der Waals surface area contributed by atoms with Crippen molar-refractivity contribution in [2.75, 3.05) is 6.26 Å². The highest BCUT2D eigenvalue weighted by atomic mass is 32.2. The molecule has 14 heavy (non-hydrogen) atoms. The quantitative estimate of drug-likeness (QED) is 0.776. The Labute approximate surface area is 83.3 Å². The standard InChI is InChI=1S/C9H12O4S/c1-7(13-14(2,11)12)8-3-5-9(10)6-4-8/h3-7,10H,1-2H3. The lowest BCUT2D eigenvalue weighted by atomic mass is 10.1. The van der Waals surface area contributed by atoms with Gasteiger partial charge in [-0.25, -0.2) is 0 Å². The minimum atomic E-state index is -3.44. The average Bonchev–Trinajstić information content (AvgIpc) is 2.02. The lowest BCUT2D eigenvalue weighted by Crippen LogP contribution is -2.07. The normalized spacial score (nSPS) is 13.9. The highest BCUT2D eigenvalue weighted by molar-refractivity contribution is 7.86. The monoisotopic (exact) mass is 216 g/mol. The molecular formula is C9H12O4S. The first-order valence-electron chi connectivity index (χ1n) is 4.05. The van der Waals surface area contributed by atoms with Gasteiger partial charge in [0.25, 0.3) is 10.1 Å². The van der Waals surface area contributed by atoms with Crippen LogP contribution in [0.25, 0.3) is 0 Å². The van der Waals surface area contributed by atoms with E-state index in [0.717, 1.165) is 6.26 Å². The van der Waals surface area contributed by atoms with E-state index in [4.69, 9.17) is 9.29 Å². The zero-order chi connectivity index (χ0) is 10.8. The maximum atomic E-state index is 10.8. The molecule has 0 fully saturated rings. The fourth-order valence-corrected chi connectivity index (χ4v) is 1.70. The molecule has 0 heterocycles. The van der Waals surface area contributed by atoms with Crippen LogP contribution in [0.5, 0.6) is 5.75 Å². The Kier molecular flexibility index (Phi) is 3.13. The molecule has 78 valence electrons. The van der Waals surface area contributed by atoms with Gasteiger partial charge in [-0.3, -0.25) is 4.18 Å². The molecule has 0 aliphatic heterocycles. The van der Waals surface area contributed by atoms with Crippen molar-refractivity contribution in [2.24, 2.45) is 0 Å². The summed E-state index contributed by atoms with van der Waals surface area (Å²) >= 11 is 0. The van der Waals surface area contributed by atoms with Gasteiger partial charge >= 0.3 is 0 Å². The van der Waals surface area contributed by atoms with Gasteiger partial charge in [-0.05, 0) is 24.6 Å². The van der Waals surface area contributed by atoms with Gasteiger partial charge in [-0.15, -0.1) is 0 Å². The van der Waals surface area contributed by atoms with E-state index in [9.17, 15) is 8.42 Å². The summed E-state index contributed by atoms with van der Waals surface area (Å²) in [7, 11) is -3.44. The zero-order valence-electron chi connectivity index (χ0n) is 7.97. The molecule has 1 N–H and O–H groups in total. The number of aromatic hydroxyl groups is 1. The summed E-state index contributed by atoms with van der Waals surface area (Å²) in [6.07, 6.45) is 0.467. The lowest BCUT2D eigenvalue weighted by molar-refractivity contribution is 0.236. The second-order valence-electron chi connectivity index (χ2n) is 3.03. The molecule has 1 aromatic rings. The molecule has 0 aliphatic rings. The van der Waals surface area contributed by atoms with Crippen molar-refractivity contribution in [3.05, 3.63) is 29.8 Å². The van der Waals surface area contributed by atoms with E-state index in [1.807, 2.05) is 0 Å². The third-order valence-electron chi connectivity index (χ3n) is 1.68. The molecule has 0 aromatic heterocycles. The van der Waals surface area contributed by atoms with Crippen LogP contribution in [0.2, 0.25) is 0 Å². The van der Waals surface area contributed by atoms with E-state index in [1.54, 1.807) is 19.1 Å². The van der Waals surface area contributed by atoms with E-state index >= 15 is 0 Å². The third-order valence-corrected chi connectivity index (χ3v) is 2.32. The second-order valence-corrected chi connectivity index (χ2v) is 4.63. The summed E-state index contributed by atoms with van der Waals surface area (Å²) < 4.78 is 26.4. The fourth-order valence-electron chi connectivity index (χ4n) is 1.06. The first-order valence-corrected chi connectivity index (χ1v) is 5.87. The van der Waals surface area contributed by atoms with Gasteiger partial charge in [0, 0.05) is 0 Å². The van der Waals surface area contributed by atoms with E-state index in [1.165, 1.54) is 12.1 Å². The van der Waals surface area contributed by atoms with E-state index in [-0.39, 0.29) is 5.75 Å². The lowest BCUT2D eigenvalue weighted by Gasteiger charge is -2.10. The van der Waals surface area contributed by atoms with Crippen molar-refractivity contribution in [1.82, 2.24) is 0 Å². The van der Waals surface area contributed by atoms with Crippen molar-refractivity contribution in [2.45, 2.75) is 13.0 Å². The van der Waals surface area contributed by atoms with Gasteiger partial charge in [-0.2, -0.15) is 8.42 Å². The van der Waals surface area contributed by atoms with Crippen LogP contribution in [-0.2, 0) is 14.3 Å². The smallest absolute Gasteiger partial charge is 0.264 e. The van der Waals surface area contributed by atoms with Crippen LogP contribution in [0.15, 0.2) is 24.3 Å². The number of hydrogen-bond acceptors (Lipinski definition) is 4. The summed E-state index contributed by atoms with van der Waals surface area (Å²) in [5.41, 5.74) is 0.702. The van der Waals surface area contributed by atoms with Crippen LogP contribution in [0.4, 0.5) is 0 Å². The maximum Gasteiger partial charge on any atom is 0.264 e. The van der Waals surface area contributed by atoms with Crippen LogP contribution >= 0.6 is 0 Å². The third kappa shape index (κ3) is 3.35. The first-order chi connectivity index (χ1) is 6.38. The Morgan fingerprint density at radius 2 is 1.79 bits per heavy atom. The molecule has 0 amide bonds. The van der Waals surface area contributed by atoms with Crippen molar-refractivity contribution in [3.63, 3.8) is 0 Å². The topological polar surface area (TPSA) is 63.6 Å². The molecule has 5 heteroatoms. The predicted octanol–water partition coefficient (Wildman–Crippen LogP) is 1.43. The Hall–Kier alpha value is -1.07. The Morgan fingerprint density at radius 3 is 2.21 bits per heavy atom.